The molecular formula is C13H23N4OPS. The van der Waals surface area contributed by atoms with E-state index in [-0.39, 0.29) is 4.42 Å². The molecule has 2 aromatic rings. The van der Waals surface area contributed by atoms with Crippen molar-refractivity contribution < 1.29 is 4.42 Å². The van der Waals surface area contributed by atoms with E-state index >= 15 is 0 Å². The van der Waals surface area contributed by atoms with Crippen molar-refractivity contribution in [2.24, 2.45) is 0 Å². The molecule has 0 atom stereocenters. The minimum atomic E-state index is -2.65. The van der Waals surface area contributed by atoms with Crippen LogP contribution in [-0.4, -0.2) is 61.0 Å². The number of hydroxylamine groups is 2. The van der Waals surface area contributed by atoms with Gasteiger partial charge >= 0.3 is 125 Å². The summed E-state index contributed by atoms with van der Waals surface area (Å²) in [5.74, 6) is 0. The van der Waals surface area contributed by atoms with Crippen LogP contribution in [0.25, 0.3) is 10.2 Å². The second kappa shape index (κ2) is 5.30. The van der Waals surface area contributed by atoms with Gasteiger partial charge in [-0.15, -0.1) is 0 Å². The van der Waals surface area contributed by atoms with E-state index in [1.807, 2.05) is 46.4 Å². The first-order valence-electron chi connectivity index (χ1n) is 6.47. The number of thiazole rings is 1. The summed E-state index contributed by atoms with van der Waals surface area (Å²) in [4.78, 5) is 4.78. The van der Waals surface area contributed by atoms with Gasteiger partial charge in [-0.25, -0.2) is 0 Å². The minimum absolute atomic E-state index is 0.354. The Labute approximate surface area is 125 Å². The summed E-state index contributed by atoms with van der Waals surface area (Å²) in [6.45, 7) is 0. The van der Waals surface area contributed by atoms with E-state index in [2.05, 4.69) is 15.4 Å². The van der Waals surface area contributed by atoms with E-state index in [1.165, 1.54) is 0 Å². The van der Waals surface area contributed by atoms with Crippen molar-refractivity contribution in [1.82, 2.24) is 14.3 Å². The monoisotopic (exact) mass is 314 g/mol. The molecular weight excluding hydrogens is 291 g/mol. The molecule has 112 valence electrons. The maximum atomic E-state index is 13.0. The average Bonchev–Trinajstić information content (AvgIpc) is 2.69. The van der Waals surface area contributed by atoms with Gasteiger partial charge in [0.2, 0.25) is 0 Å². The Morgan fingerprint density at radius 1 is 1.10 bits per heavy atom. The van der Waals surface area contributed by atoms with Crippen molar-refractivity contribution in [1.29, 1.82) is 0 Å². The second-order valence-electron chi connectivity index (χ2n) is 5.76. The van der Waals surface area contributed by atoms with Gasteiger partial charge in [0.05, 0.1) is 0 Å². The van der Waals surface area contributed by atoms with Crippen LogP contribution in [0.2, 0.25) is 0 Å². The first-order chi connectivity index (χ1) is 9.21. The maximum absolute atomic E-state index is 13.0. The first-order valence-corrected chi connectivity index (χ1v) is 9.13. The fraction of sp³-hybridized carbons (Fsp3) is 0.462. The number of benzene rings is 1. The number of para-hydroxylation sites is 1. The summed E-state index contributed by atoms with van der Waals surface area (Å²) in [7, 11) is 8.72. The van der Waals surface area contributed by atoms with Crippen molar-refractivity contribution in [3.05, 3.63) is 29.5 Å². The molecule has 1 aromatic carbocycles. The van der Waals surface area contributed by atoms with E-state index < -0.39 is 7.71 Å². The van der Waals surface area contributed by atoms with Gasteiger partial charge in [-0.1, -0.05) is 0 Å². The van der Waals surface area contributed by atoms with Crippen molar-refractivity contribution in [3.8, 4) is 0 Å². The molecule has 0 aliphatic carbocycles. The van der Waals surface area contributed by atoms with Crippen LogP contribution in [0.5, 0.6) is 0 Å². The van der Waals surface area contributed by atoms with Gasteiger partial charge in [-0.05, 0) is 0 Å². The normalized spacial score (nSPS) is 14.4. The number of aromatic nitrogens is 1. The Bertz CT molecular complexity index is 565. The van der Waals surface area contributed by atoms with Crippen LogP contribution in [0.15, 0.2) is 24.3 Å². The first kappa shape index (κ1) is 15.8. The molecule has 0 radical (unpaired) electrons. The summed E-state index contributed by atoms with van der Waals surface area (Å²) in [5, 5.41) is 13.0. The van der Waals surface area contributed by atoms with Gasteiger partial charge in [0.1, 0.15) is 0 Å². The van der Waals surface area contributed by atoms with E-state index in [9.17, 15) is 5.21 Å². The number of hydrogen-bond acceptors (Lipinski definition) is 5. The Morgan fingerprint density at radius 2 is 1.65 bits per heavy atom. The fourth-order valence-corrected chi connectivity index (χ4v) is 10.6. The third-order valence-electron chi connectivity index (χ3n) is 3.58. The number of fused-ring (bicyclic) bond motifs is 1. The van der Waals surface area contributed by atoms with Crippen LogP contribution < -0.4 is 4.75 Å². The molecule has 1 heterocycles. The molecule has 0 aliphatic rings. The molecule has 20 heavy (non-hydrogen) atoms. The van der Waals surface area contributed by atoms with Gasteiger partial charge in [0.15, 0.2) is 0 Å². The zero-order valence-electron chi connectivity index (χ0n) is 12.9. The van der Waals surface area contributed by atoms with E-state index in [0.29, 0.717) is 0 Å². The van der Waals surface area contributed by atoms with Crippen LogP contribution in [0.1, 0.15) is 0 Å². The summed E-state index contributed by atoms with van der Waals surface area (Å²) in [6, 6.07) is 8.06. The Kier molecular flexibility index (Phi) is 4.17. The van der Waals surface area contributed by atoms with Crippen molar-refractivity contribution >= 4 is 34.0 Å². The van der Waals surface area contributed by atoms with Gasteiger partial charge < -0.3 is 0 Å². The van der Waals surface area contributed by atoms with Crippen LogP contribution in [0.3, 0.4) is 0 Å². The SMILES string of the molecule is CN(C)[PH](c1nc2ccccc2s1)(N(C)C)[N+](C)(C)[O-]. The van der Waals surface area contributed by atoms with Gasteiger partial charge in [0.25, 0.3) is 0 Å². The van der Waals surface area contributed by atoms with Crippen molar-refractivity contribution in [3.63, 3.8) is 0 Å². The Hall–Kier alpha value is -0.620. The standard InChI is InChI=1S/C13H23N4OPS/c1-15(2)19(16(3)4,17(5,6)18)13-14-11-9-7-8-10-12(11)20-13/h7-10,19H,1-6H3. The third-order valence-corrected chi connectivity index (χ3v) is 10.2. The molecule has 7 heteroatoms. The number of nitrogens with zero attached hydrogens (tertiary/aromatic N) is 4. The molecule has 0 unspecified atom stereocenters. The number of hydrogen-bond donors (Lipinski definition) is 0. The Morgan fingerprint density at radius 3 is 2.10 bits per heavy atom. The molecule has 0 amide bonds. The molecule has 1 aromatic heterocycles. The van der Waals surface area contributed by atoms with Crippen LogP contribution in [0.4, 0.5) is 0 Å². The molecule has 2 rings (SSSR count). The molecule has 0 bridgehead atoms. The summed E-state index contributed by atoms with van der Waals surface area (Å²) in [6.07, 6.45) is 0. The average molecular weight is 314 g/mol. The summed E-state index contributed by atoms with van der Waals surface area (Å²) in [5.41, 5.74) is 0.974. The molecule has 0 aliphatic heterocycles. The number of rotatable bonds is 4. The summed E-state index contributed by atoms with van der Waals surface area (Å²) >= 11 is 1.64. The predicted octanol–water partition coefficient (Wildman–Crippen LogP) is 2.11. The molecule has 5 nitrogen and oxygen atoms in total. The molecule has 0 fully saturated rings. The quantitative estimate of drug-likeness (QED) is 0.640. The zero-order valence-corrected chi connectivity index (χ0v) is 14.7. The predicted molar refractivity (Wildman–Crippen MR) is 90.4 cm³/mol. The van der Waals surface area contributed by atoms with Crippen LogP contribution in [-0.2, 0) is 0 Å². The molecule has 0 saturated carbocycles. The van der Waals surface area contributed by atoms with Crippen LogP contribution >= 0.6 is 19.1 Å². The Balaban J connectivity index is 2.73. The van der Waals surface area contributed by atoms with Crippen molar-refractivity contribution in [2.75, 3.05) is 42.3 Å². The van der Waals surface area contributed by atoms with Crippen molar-refractivity contribution in [2.45, 2.75) is 0 Å². The summed E-state index contributed by atoms with van der Waals surface area (Å²) < 4.78 is 5.90. The topological polar surface area (TPSA) is 42.4 Å². The molecule has 0 saturated heterocycles. The van der Waals surface area contributed by atoms with Gasteiger partial charge in [-0.3, -0.25) is 0 Å². The molecule has 0 spiro atoms. The van der Waals surface area contributed by atoms with E-state index in [1.54, 1.807) is 25.4 Å². The fourth-order valence-electron chi connectivity index (χ4n) is 2.99. The number of quaternary nitrogens is 1. The second-order valence-corrected chi connectivity index (χ2v) is 11.8. The van der Waals surface area contributed by atoms with Crippen LogP contribution in [0, 0.1) is 5.21 Å². The van der Waals surface area contributed by atoms with E-state index in [4.69, 9.17) is 4.98 Å². The van der Waals surface area contributed by atoms with E-state index in [0.717, 1.165) is 15.0 Å². The van der Waals surface area contributed by atoms with Gasteiger partial charge in [-0.2, -0.15) is 0 Å². The van der Waals surface area contributed by atoms with Gasteiger partial charge in [0, 0.05) is 0 Å². The third kappa shape index (κ3) is 2.26. The molecule has 0 N–H and O–H groups in total. The zero-order chi connectivity index (χ0) is 15.1.